The normalized spacial score (nSPS) is 16.7. The van der Waals surface area contributed by atoms with Crippen LogP contribution >= 0.6 is 11.3 Å². The monoisotopic (exact) mass is 402 g/mol. The van der Waals surface area contributed by atoms with Gasteiger partial charge in [0.1, 0.15) is 5.75 Å². The zero-order chi connectivity index (χ0) is 20.1. The zero-order valence-corrected chi connectivity index (χ0v) is 17.1. The van der Waals surface area contributed by atoms with Crippen molar-refractivity contribution in [3.05, 3.63) is 40.6 Å². The second-order valence-electron chi connectivity index (χ2n) is 6.59. The van der Waals surface area contributed by atoms with Gasteiger partial charge in [0, 0.05) is 12.2 Å². The van der Waals surface area contributed by atoms with E-state index < -0.39 is 6.10 Å². The molecule has 150 valence electrons. The molecule has 0 fully saturated rings. The third kappa shape index (κ3) is 4.63. The second kappa shape index (κ2) is 9.07. The number of carbonyl (C=O) groups excluding carboxylic acids is 2. The summed E-state index contributed by atoms with van der Waals surface area (Å²) in [6.45, 7) is 8.25. The number of urea groups is 1. The Bertz CT molecular complexity index is 821. The molecule has 2 atom stereocenters. The van der Waals surface area contributed by atoms with Gasteiger partial charge in [-0.05, 0) is 60.6 Å². The molecule has 1 aliphatic rings. The van der Waals surface area contributed by atoms with Crippen molar-refractivity contribution in [2.45, 2.75) is 32.9 Å². The first-order valence-electron chi connectivity index (χ1n) is 9.44. The van der Waals surface area contributed by atoms with Gasteiger partial charge < -0.3 is 20.7 Å². The van der Waals surface area contributed by atoms with Crippen molar-refractivity contribution in [2.24, 2.45) is 0 Å². The van der Waals surface area contributed by atoms with Crippen LogP contribution in [0, 0.1) is 0 Å². The maximum absolute atomic E-state index is 12.4. The van der Waals surface area contributed by atoms with E-state index in [1.807, 2.05) is 0 Å². The smallest absolute Gasteiger partial charge is 0.319 e. The first-order valence-corrected chi connectivity index (χ1v) is 10.4. The molecule has 1 aromatic carbocycles. The van der Waals surface area contributed by atoms with Crippen molar-refractivity contribution >= 4 is 34.6 Å². The predicted octanol–water partition coefficient (Wildman–Crippen LogP) is 3.67. The third-order valence-electron chi connectivity index (χ3n) is 4.81. The van der Waals surface area contributed by atoms with Gasteiger partial charge in [0.05, 0.1) is 11.7 Å². The summed E-state index contributed by atoms with van der Waals surface area (Å²) < 4.78 is 5.53. The first-order chi connectivity index (χ1) is 13.5. The second-order valence-corrected chi connectivity index (χ2v) is 7.37. The highest BCUT2D eigenvalue weighted by atomic mass is 32.1. The summed E-state index contributed by atoms with van der Waals surface area (Å²) in [5, 5.41) is 12.7. The number of benzene rings is 1. The summed E-state index contributed by atoms with van der Waals surface area (Å²) in [6.07, 6.45) is -0.524. The van der Waals surface area contributed by atoms with Crippen LogP contribution in [-0.4, -0.2) is 42.6 Å². The van der Waals surface area contributed by atoms with E-state index in [1.54, 1.807) is 36.5 Å². The Morgan fingerprint density at radius 3 is 2.79 bits per heavy atom. The molecular formula is C20H26N4O3S. The maximum Gasteiger partial charge on any atom is 0.319 e. The number of nitrogens with one attached hydrogen (secondary N) is 3. The number of hydrogen-bond donors (Lipinski definition) is 3. The summed E-state index contributed by atoms with van der Waals surface area (Å²) in [5.41, 5.74) is 2.35. The van der Waals surface area contributed by atoms with Crippen LogP contribution in [0.2, 0.25) is 0 Å². The lowest BCUT2D eigenvalue weighted by atomic mass is 10.1. The summed E-state index contributed by atoms with van der Waals surface area (Å²) >= 11 is 1.66. The van der Waals surface area contributed by atoms with Gasteiger partial charge in [0.2, 0.25) is 0 Å². The van der Waals surface area contributed by atoms with Crippen LogP contribution in [0.4, 0.5) is 16.2 Å². The van der Waals surface area contributed by atoms with Crippen molar-refractivity contribution in [3.8, 4) is 5.75 Å². The van der Waals surface area contributed by atoms with Crippen molar-refractivity contribution in [2.75, 3.05) is 30.3 Å². The molecule has 7 nitrogen and oxygen atoms in total. The maximum atomic E-state index is 12.4. The van der Waals surface area contributed by atoms with Gasteiger partial charge in [0.25, 0.3) is 5.91 Å². The Kier molecular flexibility index (Phi) is 6.53. The molecule has 0 saturated heterocycles. The minimum absolute atomic E-state index is 0.129. The highest BCUT2D eigenvalue weighted by molar-refractivity contribution is 7.08. The number of ether oxygens (including phenoxy) is 1. The van der Waals surface area contributed by atoms with Gasteiger partial charge in [-0.1, -0.05) is 13.8 Å². The largest absolute Gasteiger partial charge is 0.479 e. The van der Waals surface area contributed by atoms with E-state index in [4.69, 9.17) is 4.74 Å². The highest BCUT2D eigenvalue weighted by Crippen LogP contribution is 2.32. The molecule has 0 saturated carbocycles. The van der Waals surface area contributed by atoms with E-state index in [1.165, 1.54) is 5.56 Å². The molecule has 3 rings (SSSR count). The average Bonchev–Trinajstić information content (AvgIpc) is 3.20. The molecular weight excluding hydrogens is 376 g/mol. The molecule has 0 bridgehead atoms. The number of amides is 3. The fourth-order valence-corrected chi connectivity index (χ4v) is 3.94. The summed E-state index contributed by atoms with van der Waals surface area (Å²) in [5.74, 6) is 0.393. The van der Waals surface area contributed by atoms with Gasteiger partial charge in [-0.15, -0.1) is 0 Å². The fourth-order valence-electron chi connectivity index (χ4n) is 3.24. The minimum Gasteiger partial charge on any atom is -0.479 e. The number of hydrogen-bond acceptors (Lipinski definition) is 5. The molecule has 8 heteroatoms. The first kappa shape index (κ1) is 20.2. The molecule has 3 amide bonds. The number of anilines is 2. The number of fused-ring (bicyclic) bond motifs is 1. The predicted molar refractivity (Wildman–Crippen MR) is 112 cm³/mol. The van der Waals surface area contributed by atoms with Crippen molar-refractivity contribution in [1.29, 1.82) is 0 Å². The Morgan fingerprint density at radius 1 is 1.32 bits per heavy atom. The zero-order valence-electron chi connectivity index (χ0n) is 16.3. The molecule has 28 heavy (non-hydrogen) atoms. The van der Waals surface area contributed by atoms with Crippen LogP contribution in [0.25, 0.3) is 0 Å². The molecule has 0 radical (unpaired) electrons. The molecule has 0 spiro atoms. The van der Waals surface area contributed by atoms with Crippen LogP contribution in [0.15, 0.2) is 35.0 Å². The summed E-state index contributed by atoms with van der Waals surface area (Å²) in [4.78, 5) is 26.5. The quantitative estimate of drug-likeness (QED) is 0.660. The van der Waals surface area contributed by atoms with Crippen molar-refractivity contribution in [3.63, 3.8) is 0 Å². The van der Waals surface area contributed by atoms with Crippen LogP contribution < -0.4 is 20.7 Å². The van der Waals surface area contributed by atoms with Crippen LogP contribution in [-0.2, 0) is 4.79 Å². The van der Waals surface area contributed by atoms with Crippen LogP contribution in [0.1, 0.15) is 32.4 Å². The standard InChI is InChI=1S/C20H26N4O3S/c1-4-24(5-2)17(14-8-9-28-12-14)11-21-20(26)22-15-6-7-18-16(10-15)23-19(25)13(3)27-18/h6-10,12-13,17H,4-5,11H2,1-3H3,(H,23,25)(H2,21,22,26)/t13-,17+/m0/s1. The third-order valence-corrected chi connectivity index (χ3v) is 5.51. The number of rotatable bonds is 7. The Labute approximate surface area is 169 Å². The Hall–Kier alpha value is -2.58. The Balaban J connectivity index is 1.62. The van der Waals surface area contributed by atoms with E-state index in [0.29, 0.717) is 23.7 Å². The number of nitrogens with zero attached hydrogens (tertiary/aromatic N) is 1. The van der Waals surface area contributed by atoms with Crippen molar-refractivity contribution in [1.82, 2.24) is 10.2 Å². The summed E-state index contributed by atoms with van der Waals surface area (Å²) in [7, 11) is 0. The lowest BCUT2D eigenvalue weighted by Crippen LogP contribution is -2.39. The lowest BCUT2D eigenvalue weighted by molar-refractivity contribution is -0.122. The van der Waals surface area contributed by atoms with Crippen molar-refractivity contribution < 1.29 is 14.3 Å². The topological polar surface area (TPSA) is 82.7 Å². The number of likely N-dealkylation sites (N-methyl/N-ethyl adjacent to an activating group) is 1. The number of thiophene rings is 1. The van der Waals surface area contributed by atoms with Gasteiger partial charge in [-0.2, -0.15) is 11.3 Å². The molecule has 2 aromatic rings. The van der Waals surface area contributed by atoms with Gasteiger partial charge in [-0.25, -0.2) is 4.79 Å². The van der Waals surface area contributed by atoms with Crippen LogP contribution in [0.5, 0.6) is 5.75 Å². The molecule has 1 aliphatic heterocycles. The van der Waals surface area contributed by atoms with E-state index in [0.717, 1.165) is 13.1 Å². The van der Waals surface area contributed by atoms with E-state index >= 15 is 0 Å². The van der Waals surface area contributed by atoms with Gasteiger partial charge in [-0.3, -0.25) is 9.69 Å². The fraction of sp³-hybridized carbons (Fsp3) is 0.400. The van der Waals surface area contributed by atoms with Crippen LogP contribution in [0.3, 0.4) is 0 Å². The summed E-state index contributed by atoms with van der Waals surface area (Å²) in [6, 6.07) is 7.13. The molecule has 2 heterocycles. The molecule has 0 aliphatic carbocycles. The van der Waals surface area contributed by atoms with E-state index in [2.05, 4.69) is 51.5 Å². The number of carbonyl (C=O) groups is 2. The van der Waals surface area contributed by atoms with E-state index in [-0.39, 0.29) is 18.0 Å². The van der Waals surface area contributed by atoms with Gasteiger partial charge in [0.15, 0.2) is 6.10 Å². The minimum atomic E-state index is -0.524. The van der Waals surface area contributed by atoms with Gasteiger partial charge >= 0.3 is 6.03 Å². The SMILES string of the molecule is CCN(CC)[C@H](CNC(=O)Nc1ccc2c(c1)NC(=O)[C@H](C)O2)c1ccsc1. The lowest BCUT2D eigenvalue weighted by Gasteiger charge is -2.29. The molecule has 0 unspecified atom stereocenters. The van der Waals surface area contributed by atoms with E-state index in [9.17, 15) is 9.59 Å². The molecule has 1 aromatic heterocycles. The highest BCUT2D eigenvalue weighted by Gasteiger charge is 2.24. The molecule has 3 N–H and O–H groups in total. The average molecular weight is 403 g/mol. The Morgan fingerprint density at radius 2 is 2.11 bits per heavy atom.